The van der Waals surface area contributed by atoms with Crippen LogP contribution >= 0.6 is 12.2 Å². The molecule has 0 atom stereocenters. The van der Waals surface area contributed by atoms with Crippen LogP contribution in [0, 0.1) is 6.92 Å². The highest BCUT2D eigenvalue weighted by molar-refractivity contribution is 7.80. The summed E-state index contributed by atoms with van der Waals surface area (Å²) in [7, 11) is 0. The summed E-state index contributed by atoms with van der Waals surface area (Å²) in [6.07, 6.45) is 0.905. The van der Waals surface area contributed by atoms with E-state index in [1.807, 2.05) is 43.3 Å². The molecule has 0 bridgehead atoms. The van der Waals surface area contributed by atoms with Gasteiger partial charge < -0.3 is 20.1 Å². The molecule has 132 valence electrons. The van der Waals surface area contributed by atoms with Gasteiger partial charge in [-0.1, -0.05) is 30.3 Å². The standard InChI is InChI=1S/C20H24N2O2S/c1-14-7-4-5-9-16(14)22-19(25)21-11-12-23-17-10-6-8-15-13-20(2,3)24-18(15)17/h4-10H,11-13H2,1-3H3,(H2,21,22,25). The Hall–Kier alpha value is -2.27. The van der Waals surface area contributed by atoms with Gasteiger partial charge in [0, 0.05) is 17.7 Å². The average molecular weight is 356 g/mol. The second kappa shape index (κ2) is 7.31. The quantitative estimate of drug-likeness (QED) is 0.624. The highest BCUT2D eigenvalue weighted by Gasteiger charge is 2.32. The second-order valence-electron chi connectivity index (χ2n) is 6.83. The summed E-state index contributed by atoms with van der Waals surface area (Å²) in [6.45, 7) is 7.36. The molecule has 25 heavy (non-hydrogen) atoms. The maximum Gasteiger partial charge on any atom is 0.170 e. The van der Waals surface area contributed by atoms with E-state index in [2.05, 4.69) is 30.5 Å². The van der Waals surface area contributed by atoms with Crippen molar-refractivity contribution in [3.63, 3.8) is 0 Å². The van der Waals surface area contributed by atoms with Crippen LogP contribution in [0.5, 0.6) is 11.5 Å². The lowest BCUT2D eigenvalue weighted by atomic mass is 10.0. The number of aryl methyl sites for hydroxylation is 1. The summed E-state index contributed by atoms with van der Waals surface area (Å²) in [5.74, 6) is 1.66. The molecule has 2 N–H and O–H groups in total. The molecular weight excluding hydrogens is 332 g/mol. The van der Waals surface area contributed by atoms with E-state index in [0.717, 1.165) is 29.2 Å². The van der Waals surface area contributed by atoms with E-state index < -0.39 is 0 Å². The summed E-state index contributed by atoms with van der Waals surface area (Å²) in [5, 5.41) is 6.96. The molecule has 1 aliphatic rings. The molecule has 0 saturated heterocycles. The maximum atomic E-state index is 6.01. The molecule has 0 spiro atoms. The summed E-state index contributed by atoms with van der Waals surface area (Å²) < 4.78 is 11.9. The highest BCUT2D eigenvalue weighted by Crippen LogP contribution is 2.41. The van der Waals surface area contributed by atoms with Crippen molar-refractivity contribution in [3.8, 4) is 11.5 Å². The molecule has 0 saturated carbocycles. The number of thiocarbonyl (C=S) groups is 1. The Morgan fingerprint density at radius 1 is 1.20 bits per heavy atom. The third-order valence-corrected chi connectivity index (χ3v) is 4.34. The van der Waals surface area contributed by atoms with E-state index in [1.54, 1.807) is 0 Å². The van der Waals surface area contributed by atoms with Gasteiger partial charge in [0.05, 0.1) is 6.54 Å². The molecule has 0 radical (unpaired) electrons. The second-order valence-corrected chi connectivity index (χ2v) is 7.24. The summed E-state index contributed by atoms with van der Waals surface area (Å²) >= 11 is 5.33. The molecule has 1 heterocycles. The Kier molecular flexibility index (Phi) is 5.13. The van der Waals surface area contributed by atoms with Crippen molar-refractivity contribution in [1.82, 2.24) is 5.32 Å². The molecule has 2 aromatic rings. The first-order chi connectivity index (χ1) is 11.9. The third kappa shape index (κ3) is 4.42. The van der Waals surface area contributed by atoms with Crippen molar-refractivity contribution in [1.29, 1.82) is 0 Å². The number of ether oxygens (including phenoxy) is 2. The summed E-state index contributed by atoms with van der Waals surface area (Å²) in [6, 6.07) is 14.1. The molecule has 1 aliphatic heterocycles. The Balaban J connectivity index is 1.48. The predicted octanol–water partition coefficient (Wildman–Crippen LogP) is 4.07. The summed E-state index contributed by atoms with van der Waals surface area (Å²) in [5.41, 5.74) is 3.20. The van der Waals surface area contributed by atoms with Crippen molar-refractivity contribution in [2.75, 3.05) is 18.5 Å². The van der Waals surface area contributed by atoms with Gasteiger partial charge in [0.2, 0.25) is 0 Å². The summed E-state index contributed by atoms with van der Waals surface area (Å²) in [4.78, 5) is 0. The van der Waals surface area contributed by atoms with E-state index in [0.29, 0.717) is 18.3 Å². The Morgan fingerprint density at radius 2 is 2.00 bits per heavy atom. The van der Waals surface area contributed by atoms with Crippen LogP contribution < -0.4 is 20.1 Å². The van der Waals surface area contributed by atoms with Crippen LogP contribution in [0.2, 0.25) is 0 Å². The molecule has 5 heteroatoms. The van der Waals surface area contributed by atoms with E-state index in [4.69, 9.17) is 21.7 Å². The van der Waals surface area contributed by atoms with Gasteiger partial charge in [-0.3, -0.25) is 0 Å². The highest BCUT2D eigenvalue weighted by atomic mass is 32.1. The first-order valence-electron chi connectivity index (χ1n) is 8.49. The minimum Gasteiger partial charge on any atom is -0.488 e. The lowest BCUT2D eigenvalue weighted by Crippen LogP contribution is -2.32. The first-order valence-corrected chi connectivity index (χ1v) is 8.90. The molecule has 0 aliphatic carbocycles. The number of fused-ring (bicyclic) bond motifs is 1. The normalized spacial score (nSPS) is 14.4. The van der Waals surface area contributed by atoms with Crippen LogP contribution in [0.1, 0.15) is 25.0 Å². The van der Waals surface area contributed by atoms with E-state index in [-0.39, 0.29) is 5.60 Å². The number of hydrogen-bond donors (Lipinski definition) is 2. The lowest BCUT2D eigenvalue weighted by Gasteiger charge is -2.18. The number of hydrogen-bond acceptors (Lipinski definition) is 3. The average Bonchev–Trinajstić information content (AvgIpc) is 2.88. The molecule has 0 fully saturated rings. The maximum absolute atomic E-state index is 6.01. The zero-order chi connectivity index (χ0) is 17.9. The van der Waals surface area contributed by atoms with E-state index in [1.165, 1.54) is 5.56 Å². The van der Waals surface area contributed by atoms with Crippen LogP contribution in [0.25, 0.3) is 0 Å². The van der Waals surface area contributed by atoms with Crippen LogP contribution in [-0.2, 0) is 6.42 Å². The predicted molar refractivity (Wildman–Crippen MR) is 106 cm³/mol. The smallest absolute Gasteiger partial charge is 0.170 e. The molecule has 3 rings (SSSR count). The van der Waals surface area contributed by atoms with E-state index >= 15 is 0 Å². The van der Waals surface area contributed by atoms with Crippen molar-refractivity contribution in [2.24, 2.45) is 0 Å². The zero-order valence-electron chi connectivity index (χ0n) is 14.9. The SMILES string of the molecule is Cc1ccccc1NC(=S)NCCOc1cccc2c1OC(C)(C)C2. The van der Waals surface area contributed by atoms with Gasteiger partial charge in [0.1, 0.15) is 12.2 Å². The van der Waals surface area contributed by atoms with Gasteiger partial charge >= 0.3 is 0 Å². The molecular formula is C20H24N2O2S. The van der Waals surface area contributed by atoms with Gasteiger partial charge in [-0.2, -0.15) is 0 Å². The topological polar surface area (TPSA) is 42.5 Å². The Bertz CT molecular complexity index is 774. The first kappa shape index (κ1) is 17.5. The minimum absolute atomic E-state index is 0.168. The van der Waals surface area contributed by atoms with Crippen LogP contribution in [0.4, 0.5) is 5.69 Å². The number of anilines is 1. The van der Waals surface area contributed by atoms with Gasteiger partial charge in [0.25, 0.3) is 0 Å². The third-order valence-electron chi connectivity index (χ3n) is 4.09. The monoisotopic (exact) mass is 356 g/mol. The van der Waals surface area contributed by atoms with Crippen LogP contribution in [0.3, 0.4) is 0 Å². The molecule has 0 unspecified atom stereocenters. The van der Waals surface area contributed by atoms with Crippen LogP contribution in [0.15, 0.2) is 42.5 Å². The molecule has 0 amide bonds. The van der Waals surface area contributed by atoms with Gasteiger partial charge in [-0.25, -0.2) is 0 Å². The Morgan fingerprint density at radius 3 is 2.80 bits per heavy atom. The zero-order valence-corrected chi connectivity index (χ0v) is 15.7. The number of para-hydroxylation sites is 2. The van der Waals surface area contributed by atoms with Crippen LogP contribution in [-0.4, -0.2) is 23.9 Å². The van der Waals surface area contributed by atoms with Gasteiger partial charge in [-0.15, -0.1) is 0 Å². The molecule has 4 nitrogen and oxygen atoms in total. The van der Waals surface area contributed by atoms with Crippen molar-refractivity contribution in [3.05, 3.63) is 53.6 Å². The van der Waals surface area contributed by atoms with Gasteiger partial charge in [0.15, 0.2) is 16.6 Å². The Labute approximate surface area is 154 Å². The largest absolute Gasteiger partial charge is 0.488 e. The fourth-order valence-electron chi connectivity index (χ4n) is 2.91. The fraction of sp³-hybridized carbons (Fsp3) is 0.350. The minimum atomic E-state index is -0.168. The van der Waals surface area contributed by atoms with Crippen molar-refractivity contribution < 1.29 is 9.47 Å². The molecule has 0 aromatic heterocycles. The van der Waals surface area contributed by atoms with Gasteiger partial charge in [-0.05, 0) is 50.7 Å². The number of benzene rings is 2. The fourth-order valence-corrected chi connectivity index (χ4v) is 3.12. The lowest BCUT2D eigenvalue weighted by molar-refractivity contribution is 0.132. The number of rotatable bonds is 5. The number of nitrogens with one attached hydrogen (secondary N) is 2. The van der Waals surface area contributed by atoms with Crippen molar-refractivity contribution >= 4 is 23.0 Å². The van der Waals surface area contributed by atoms with E-state index in [9.17, 15) is 0 Å². The molecule has 2 aromatic carbocycles. The van der Waals surface area contributed by atoms with Crippen molar-refractivity contribution in [2.45, 2.75) is 32.8 Å².